The lowest BCUT2D eigenvalue weighted by Gasteiger charge is -2.27. The minimum Gasteiger partial charge on any atom is -0.390 e. The van der Waals surface area contributed by atoms with Crippen molar-refractivity contribution in [2.45, 2.75) is 36.2 Å². The zero-order chi connectivity index (χ0) is 23.9. The number of amidine groups is 1. The zero-order valence-corrected chi connectivity index (χ0v) is 19.6. The summed E-state index contributed by atoms with van der Waals surface area (Å²) in [6.07, 6.45) is 0.781. The second-order valence-electron chi connectivity index (χ2n) is 8.54. The van der Waals surface area contributed by atoms with Gasteiger partial charge in [-0.2, -0.15) is 5.11 Å². The normalized spacial score (nSPS) is 23.4. The maximum atomic E-state index is 13.0. The number of primary sulfonamides is 1. The van der Waals surface area contributed by atoms with Gasteiger partial charge in [-0.15, -0.1) is 5.11 Å². The van der Waals surface area contributed by atoms with Gasteiger partial charge < -0.3 is 21.1 Å². The lowest BCUT2D eigenvalue weighted by molar-refractivity contribution is 0.186. The smallest absolute Gasteiger partial charge is 0.242 e. The van der Waals surface area contributed by atoms with Gasteiger partial charge in [0.05, 0.1) is 11.7 Å². The molecule has 1 unspecified atom stereocenters. The molecule has 7 N–H and O–H groups in total. The Labute approximate surface area is 199 Å². The van der Waals surface area contributed by atoms with Crippen LogP contribution in [0, 0.1) is 5.41 Å². The molecular formula is C19H32N8O5S2. The van der Waals surface area contributed by atoms with E-state index in [0.717, 1.165) is 25.9 Å². The third kappa shape index (κ3) is 5.15. The largest absolute Gasteiger partial charge is 0.390 e. The molecule has 1 aromatic carbocycles. The van der Waals surface area contributed by atoms with Crippen LogP contribution in [0.4, 0.5) is 5.69 Å². The Morgan fingerprint density at radius 3 is 2.62 bits per heavy atom. The topological polar surface area (TPSA) is 205 Å². The van der Waals surface area contributed by atoms with Gasteiger partial charge in [0.15, 0.2) is 12.5 Å². The quantitative estimate of drug-likeness (QED) is 0.287. The van der Waals surface area contributed by atoms with Gasteiger partial charge in [-0.05, 0) is 31.5 Å². The third-order valence-corrected chi connectivity index (χ3v) is 8.83. The van der Waals surface area contributed by atoms with Gasteiger partial charge in [-0.25, -0.2) is 31.7 Å². The molecule has 4 rings (SSSR count). The highest BCUT2D eigenvalue weighted by atomic mass is 32.2. The first-order valence-electron chi connectivity index (χ1n) is 10.5. The van der Waals surface area contributed by atoms with Gasteiger partial charge in [0.1, 0.15) is 9.79 Å². The number of hydrogen-bond acceptors (Lipinski definition) is 11. The second kappa shape index (κ2) is 9.93. The predicted molar refractivity (Wildman–Crippen MR) is 128 cm³/mol. The number of aliphatic hydroxyl groups excluding tert-OH is 1. The molecule has 1 aromatic rings. The van der Waals surface area contributed by atoms with Gasteiger partial charge in [0.2, 0.25) is 20.0 Å². The maximum absolute atomic E-state index is 13.0. The van der Waals surface area contributed by atoms with E-state index in [9.17, 15) is 21.9 Å². The highest BCUT2D eigenvalue weighted by molar-refractivity contribution is 7.92. The van der Waals surface area contributed by atoms with Crippen LogP contribution in [-0.4, -0.2) is 79.8 Å². The summed E-state index contributed by atoms with van der Waals surface area (Å²) in [5.74, 6) is 0.0126. The van der Waals surface area contributed by atoms with Crippen molar-refractivity contribution >= 4 is 31.6 Å². The minimum absolute atomic E-state index is 0. The SMILES string of the molecule is C.NC[C@@H](O)CNS(=O)(=O)c1ccc(N2CCC3(CCNC3)C2)c(C2=NCN=N2)c1S(N)(=O)=O. The van der Waals surface area contributed by atoms with Crippen molar-refractivity contribution in [3.05, 3.63) is 17.7 Å². The van der Waals surface area contributed by atoms with Crippen molar-refractivity contribution in [3.8, 4) is 0 Å². The van der Waals surface area contributed by atoms with Gasteiger partial charge >= 0.3 is 0 Å². The fourth-order valence-electron chi connectivity index (χ4n) is 4.54. The van der Waals surface area contributed by atoms with Gasteiger partial charge in [0.25, 0.3) is 0 Å². The monoisotopic (exact) mass is 516 g/mol. The molecule has 1 spiro atoms. The summed E-state index contributed by atoms with van der Waals surface area (Å²) in [4.78, 5) is 5.04. The Kier molecular flexibility index (Phi) is 7.76. The Balaban J connectivity index is 0.00000324. The number of rotatable bonds is 8. The van der Waals surface area contributed by atoms with Crippen LogP contribution in [0.5, 0.6) is 0 Å². The molecule has 2 saturated heterocycles. The van der Waals surface area contributed by atoms with Crippen LogP contribution >= 0.6 is 0 Å². The Morgan fingerprint density at radius 1 is 1.26 bits per heavy atom. The van der Waals surface area contributed by atoms with Crippen molar-refractivity contribution in [2.24, 2.45) is 31.5 Å². The molecule has 3 heterocycles. The Bertz CT molecular complexity index is 1190. The summed E-state index contributed by atoms with van der Waals surface area (Å²) < 4.78 is 53.7. The summed E-state index contributed by atoms with van der Waals surface area (Å²) in [7, 11) is -8.91. The van der Waals surface area contributed by atoms with Crippen LogP contribution in [0.15, 0.2) is 37.1 Å². The number of hydrogen-bond donors (Lipinski definition) is 5. The van der Waals surface area contributed by atoms with Crippen molar-refractivity contribution in [3.63, 3.8) is 0 Å². The minimum atomic E-state index is -4.54. The molecule has 3 aliphatic heterocycles. The molecule has 15 heteroatoms. The van der Waals surface area contributed by atoms with E-state index >= 15 is 0 Å². The number of azo groups is 1. The fourth-order valence-corrected chi connectivity index (χ4v) is 7.20. The van der Waals surface area contributed by atoms with E-state index < -0.39 is 35.9 Å². The molecule has 190 valence electrons. The van der Waals surface area contributed by atoms with Crippen molar-refractivity contribution < 1.29 is 21.9 Å². The van der Waals surface area contributed by atoms with E-state index in [2.05, 4.69) is 25.3 Å². The summed E-state index contributed by atoms with van der Waals surface area (Å²) in [6, 6.07) is 2.76. The highest BCUT2D eigenvalue weighted by Gasteiger charge is 2.42. The predicted octanol–water partition coefficient (Wildman–Crippen LogP) is -1.07. The van der Waals surface area contributed by atoms with E-state index in [0.29, 0.717) is 18.8 Å². The molecule has 0 aromatic heterocycles. The second-order valence-corrected chi connectivity index (χ2v) is 11.8. The highest BCUT2D eigenvalue weighted by Crippen LogP contribution is 2.41. The Morgan fingerprint density at radius 2 is 2.03 bits per heavy atom. The molecule has 3 aliphatic rings. The average molecular weight is 517 g/mol. The summed E-state index contributed by atoms with van der Waals surface area (Å²) >= 11 is 0. The number of anilines is 1. The molecule has 0 bridgehead atoms. The van der Waals surface area contributed by atoms with Crippen LogP contribution in [0.3, 0.4) is 0 Å². The third-order valence-electron chi connectivity index (χ3n) is 6.24. The van der Waals surface area contributed by atoms with E-state index in [1.165, 1.54) is 6.07 Å². The van der Waals surface area contributed by atoms with Crippen molar-refractivity contribution in [2.75, 3.05) is 50.8 Å². The fraction of sp³-hybridized carbons (Fsp3) is 0.632. The summed E-state index contributed by atoms with van der Waals surface area (Å²) in [5, 5.41) is 26.3. The van der Waals surface area contributed by atoms with Gasteiger partial charge in [-0.3, -0.25) is 0 Å². The molecule has 34 heavy (non-hydrogen) atoms. The van der Waals surface area contributed by atoms with E-state index in [4.69, 9.17) is 10.9 Å². The zero-order valence-electron chi connectivity index (χ0n) is 17.9. The van der Waals surface area contributed by atoms with Gasteiger partial charge in [-0.1, -0.05) is 7.43 Å². The van der Waals surface area contributed by atoms with Crippen LogP contribution in [0.2, 0.25) is 0 Å². The lowest BCUT2D eigenvalue weighted by Crippen LogP contribution is -2.37. The van der Waals surface area contributed by atoms with Crippen LogP contribution in [0.1, 0.15) is 25.8 Å². The molecule has 0 saturated carbocycles. The number of nitrogens with zero attached hydrogens (tertiary/aromatic N) is 4. The molecule has 0 amide bonds. The molecular weight excluding hydrogens is 484 g/mol. The number of aliphatic hydroxyl groups is 1. The molecule has 2 fully saturated rings. The lowest BCUT2D eigenvalue weighted by atomic mass is 9.86. The Hall–Kier alpha value is -2.01. The van der Waals surface area contributed by atoms with Gasteiger partial charge in [0, 0.05) is 43.8 Å². The number of nitrogens with two attached hydrogens (primary N) is 2. The summed E-state index contributed by atoms with van der Waals surface area (Å²) in [6.45, 7) is 2.57. The van der Waals surface area contributed by atoms with Crippen molar-refractivity contribution in [1.82, 2.24) is 10.0 Å². The molecule has 13 nitrogen and oxygen atoms in total. The number of aliphatic imine (C=N–C) groups is 1. The first kappa shape index (κ1) is 26.6. The molecule has 2 atom stereocenters. The maximum Gasteiger partial charge on any atom is 0.242 e. The summed E-state index contributed by atoms with van der Waals surface area (Å²) in [5.41, 5.74) is 5.91. The molecule has 0 aliphatic carbocycles. The van der Waals surface area contributed by atoms with Crippen LogP contribution in [-0.2, 0) is 20.0 Å². The first-order valence-corrected chi connectivity index (χ1v) is 13.5. The first-order chi connectivity index (χ1) is 15.6. The number of sulfonamides is 2. The van der Waals surface area contributed by atoms with Crippen LogP contribution < -0.4 is 25.8 Å². The van der Waals surface area contributed by atoms with Crippen molar-refractivity contribution in [1.29, 1.82) is 0 Å². The number of nitrogens with one attached hydrogen (secondary N) is 2. The standard InChI is InChI=1S/C18H28N8O5S2.CH4/c19-7-12(27)8-24-33(30,31)14-2-1-13(26-6-4-18(10-26)3-5-21-9-18)15(16(14)32(20,28)29)17-22-11-23-25-17;/h1-2,12,21,24,27H,3-11,19H2,(H2,20,28,29);1H4/t12-,18?;/m1./s1. The van der Waals surface area contributed by atoms with E-state index in [1.54, 1.807) is 6.07 Å². The molecule has 0 radical (unpaired) electrons. The number of benzene rings is 1. The van der Waals surface area contributed by atoms with Crippen LogP contribution in [0.25, 0.3) is 0 Å². The van der Waals surface area contributed by atoms with E-state index in [1.807, 2.05) is 4.90 Å². The average Bonchev–Trinajstić information content (AvgIpc) is 3.54. The van der Waals surface area contributed by atoms with E-state index in [-0.39, 0.29) is 44.0 Å².